The number of ether oxygens (including phenoxy) is 1. The largest absolute Gasteiger partial charge is 0.484 e. The Morgan fingerprint density at radius 3 is 2.47 bits per heavy atom. The summed E-state index contributed by atoms with van der Waals surface area (Å²) in [6.45, 7) is 8.12. The Hall–Kier alpha value is -3.99. The van der Waals surface area contributed by atoms with Crippen molar-refractivity contribution < 1.29 is 33.6 Å². The quantitative estimate of drug-likeness (QED) is 0.362. The summed E-state index contributed by atoms with van der Waals surface area (Å²) in [5.74, 6) is -0.586. The molecule has 1 unspecified atom stereocenters. The molecule has 2 saturated heterocycles. The zero-order valence-electron chi connectivity index (χ0n) is 27.9. The van der Waals surface area contributed by atoms with Crippen LogP contribution in [0.3, 0.4) is 0 Å². The average Bonchev–Trinajstić information content (AvgIpc) is 3.57. The van der Waals surface area contributed by atoms with E-state index >= 15 is 0 Å². The Balaban J connectivity index is 1.40. The van der Waals surface area contributed by atoms with Gasteiger partial charge in [-0.2, -0.15) is 0 Å². The number of benzene rings is 2. The summed E-state index contributed by atoms with van der Waals surface area (Å²) in [5, 5.41) is 7.75. The SMILES string of the molecule is CC(=O)Nc1cc(F)cc(C(=O)N2CCN(C(=O)c3ccc(O[C@H]4CC[NH2+]C4)c(C4CCCCC4)c3)C(C(=O)NCCC(C)C)C2)c1. The van der Waals surface area contributed by atoms with Crippen LogP contribution in [-0.2, 0) is 9.59 Å². The molecule has 1 saturated carbocycles. The van der Waals surface area contributed by atoms with E-state index < -0.39 is 17.8 Å². The highest BCUT2D eigenvalue weighted by Gasteiger charge is 2.38. The molecule has 3 aliphatic rings. The number of piperazine rings is 1. The van der Waals surface area contributed by atoms with Crippen LogP contribution in [0.4, 0.5) is 10.1 Å². The molecule has 0 aromatic heterocycles. The van der Waals surface area contributed by atoms with Crippen LogP contribution in [0.2, 0.25) is 0 Å². The molecule has 10 nitrogen and oxygen atoms in total. The Bertz CT molecular complexity index is 1450. The Kier molecular flexibility index (Phi) is 11.5. The fourth-order valence-corrected chi connectivity index (χ4v) is 6.91. The third-order valence-corrected chi connectivity index (χ3v) is 9.43. The van der Waals surface area contributed by atoms with Gasteiger partial charge in [0.05, 0.1) is 13.1 Å². The summed E-state index contributed by atoms with van der Waals surface area (Å²) in [6.07, 6.45) is 7.52. The van der Waals surface area contributed by atoms with E-state index in [1.807, 2.05) is 12.1 Å². The molecule has 2 aromatic rings. The fraction of sp³-hybridized carbons (Fsp3) is 0.556. The number of carbonyl (C=O) groups is 4. The van der Waals surface area contributed by atoms with Gasteiger partial charge in [0.25, 0.3) is 11.8 Å². The molecule has 3 fully saturated rings. The van der Waals surface area contributed by atoms with E-state index in [1.54, 1.807) is 11.0 Å². The molecule has 4 N–H and O–H groups in total. The van der Waals surface area contributed by atoms with Crippen LogP contribution >= 0.6 is 0 Å². The van der Waals surface area contributed by atoms with Gasteiger partial charge in [0, 0.05) is 49.8 Å². The standard InChI is InChI=1S/C36H48FN5O5/c1-23(2)11-14-39-34(44)32-22-41(35(45)27-17-28(37)20-29(18-27)40-24(3)43)15-16-42(32)36(46)26-9-10-33(47-30-12-13-38-21-30)31(19-26)25-7-5-4-6-8-25/h9-10,17-20,23,25,30,32,38H,4-8,11-16,21-22H2,1-3H3,(H,39,44)(H,40,43)/p+1/t30-,32?/m0/s1. The first kappa shape index (κ1) is 34.3. The highest BCUT2D eigenvalue weighted by atomic mass is 19.1. The number of hydrogen-bond donors (Lipinski definition) is 3. The smallest absolute Gasteiger partial charge is 0.254 e. The summed E-state index contributed by atoms with van der Waals surface area (Å²) in [6, 6.07) is 8.43. The van der Waals surface area contributed by atoms with Crippen molar-refractivity contribution in [3.63, 3.8) is 0 Å². The topological polar surface area (TPSA) is 125 Å². The van der Waals surface area contributed by atoms with Gasteiger partial charge in [-0.1, -0.05) is 33.1 Å². The van der Waals surface area contributed by atoms with E-state index in [1.165, 1.54) is 24.3 Å². The number of amides is 4. The van der Waals surface area contributed by atoms with Crippen LogP contribution in [0.1, 0.15) is 97.9 Å². The lowest BCUT2D eigenvalue weighted by molar-refractivity contribution is -0.638. The minimum absolute atomic E-state index is 0.0427. The molecule has 0 spiro atoms. The first-order valence-corrected chi connectivity index (χ1v) is 17.2. The van der Waals surface area contributed by atoms with Gasteiger partial charge in [-0.05, 0) is 73.1 Å². The molecule has 0 radical (unpaired) electrons. The van der Waals surface area contributed by atoms with Gasteiger partial charge in [0.1, 0.15) is 24.2 Å². The molecular formula is C36H49FN5O5+. The lowest BCUT2D eigenvalue weighted by atomic mass is 9.83. The number of hydrogen-bond acceptors (Lipinski definition) is 5. The maximum atomic E-state index is 14.4. The lowest BCUT2D eigenvalue weighted by Crippen LogP contribution is -2.81. The molecule has 2 aromatic carbocycles. The first-order chi connectivity index (χ1) is 22.6. The number of anilines is 1. The number of quaternary nitrogens is 1. The second-order valence-electron chi connectivity index (χ2n) is 13.6. The third-order valence-electron chi connectivity index (χ3n) is 9.43. The van der Waals surface area contributed by atoms with Crippen molar-refractivity contribution in [2.45, 2.75) is 83.8 Å². The second kappa shape index (κ2) is 15.7. The predicted octanol–water partition coefficient (Wildman–Crippen LogP) is 3.68. The predicted molar refractivity (Wildman–Crippen MR) is 177 cm³/mol. The minimum atomic E-state index is -0.932. The summed E-state index contributed by atoms with van der Waals surface area (Å²) in [7, 11) is 0. The van der Waals surface area contributed by atoms with Crippen LogP contribution in [0, 0.1) is 11.7 Å². The zero-order chi connectivity index (χ0) is 33.5. The van der Waals surface area contributed by atoms with Crippen molar-refractivity contribution in [1.29, 1.82) is 0 Å². The van der Waals surface area contributed by atoms with Crippen LogP contribution < -0.4 is 20.7 Å². The van der Waals surface area contributed by atoms with Crippen molar-refractivity contribution in [2.24, 2.45) is 5.92 Å². The number of halogens is 1. The van der Waals surface area contributed by atoms with Gasteiger partial charge in [0.15, 0.2) is 6.10 Å². The highest BCUT2D eigenvalue weighted by molar-refractivity contribution is 6.00. The Labute approximate surface area is 276 Å². The molecule has 11 heteroatoms. The third kappa shape index (κ3) is 8.88. The zero-order valence-corrected chi connectivity index (χ0v) is 27.9. The first-order valence-electron chi connectivity index (χ1n) is 17.2. The van der Waals surface area contributed by atoms with Crippen LogP contribution in [0.15, 0.2) is 36.4 Å². The Morgan fingerprint density at radius 1 is 0.979 bits per heavy atom. The van der Waals surface area contributed by atoms with E-state index in [0.29, 0.717) is 23.9 Å². The monoisotopic (exact) mass is 650 g/mol. The molecule has 254 valence electrons. The van der Waals surface area contributed by atoms with Crippen molar-refractivity contribution in [2.75, 3.05) is 44.6 Å². The molecule has 5 rings (SSSR count). The lowest BCUT2D eigenvalue weighted by Gasteiger charge is -2.40. The molecule has 1 aliphatic carbocycles. The molecule has 47 heavy (non-hydrogen) atoms. The normalized spacial score (nSPS) is 20.3. The number of nitrogens with two attached hydrogens (primary N) is 1. The number of nitrogens with zero attached hydrogens (tertiary/aromatic N) is 2. The van der Waals surface area contributed by atoms with E-state index in [9.17, 15) is 23.6 Å². The van der Waals surface area contributed by atoms with Crippen molar-refractivity contribution in [1.82, 2.24) is 15.1 Å². The molecule has 2 atom stereocenters. The molecule has 2 aliphatic heterocycles. The number of carbonyl (C=O) groups excluding carboxylic acids is 4. The minimum Gasteiger partial charge on any atom is -0.484 e. The molecular weight excluding hydrogens is 601 g/mol. The van der Waals surface area contributed by atoms with Gasteiger partial charge in [0.2, 0.25) is 11.8 Å². The van der Waals surface area contributed by atoms with Crippen molar-refractivity contribution in [3.05, 3.63) is 58.9 Å². The molecule has 0 bridgehead atoms. The van der Waals surface area contributed by atoms with Gasteiger partial charge in [-0.15, -0.1) is 0 Å². The van der Waals surface area contributed by atoms with E-state index in [0.717, 1.165) is 75.1 Å². The van der Waals surface area contributed by atoms with Crippen molar-refractivity contribution in [3.8, 4) is 5.75 Å². The maximum Gasteiger partial charge on any atom is 0.254 e. The van der Waals surface area contributed by atoms with E-state index in [2.05, 4.69) is 29.8 Å². The van der Waals surface area contributed by atoms with Gasteiger partial charge >= 0.3 is 0 Å². The van der Waals surface area contributed by atoms with Crippen LogP contribution in [-0.4, -0.2) is 84.8 Å². The number of nitrogens with one attached hydrogen (secondary N) is 2. The van der Waals surface area contributed by atoms with E-state index in [4.69, 9.17) is 4.74 Å². The van der Waals surface area contributed by atoms with E-state index in [-0.39, 0.29) is 54.7 Å². The summed E-state index contributed by atoms with van der Waals surface area (Å²) in [4.78, 5) is 56.1. The highest BCUT2D eigenvalue weighted by Crippen LogP contribution is 2.39. The van der Waals surface area contributed by atoms with Crippen LogP contribution in [0.5, 0.6) is 5.75 Å². The maximum absolute atomic E-state index is 14.4. The van der Waals surface area contributed by atoms with Crippen LogP contribution in [0.25, 0.3) is 0 Å². The van der Waals surface area contributed by atoms with Gasteiger partial charge < -0.3 is 30.5 Å². The Morgan fingerprint density at radius 2 is 1.77 bits per heavy atom. The summed E-state index contributed by atoms with van der Waals surface area (Å²) >= 11 is 0. The second-order valence-corrected chi connectivity index (χ2v) is 13.6. The average molecular weight is 651 g/mol. The fourth-order valence-electron chi connectivity index (χ4n) is 6.91. The summed E-state index contributed by atoms with van der Waals surface area (Å²) < 4.78 is 20.9. The molecule has 4 amide bonds. The molecule has 2 heterocycles. The number of rotatable bonds is 10. The van der Waals surface area contributed by atoms with Gasteiger partial charge in [-0.3, -0.25) is 19.2 Å². The van der Waals surface area contributed by atoms with Gasteiger partial charge in [-0.25, -0.2) is 4.39 Å². The van der Waals surface area contributed by atoms with Crippen molar-refractivity contribution >= 4 is 29.3 Å². The summed E-state index contributed by atoms with van der Waals surface area (Å²) in [5.41, 5.74) is 1.79.